The SMILES string of the molecule is OC1(c2ccc3c(c2)OCO3)CCC(C(c2ccccc2)c2ccccc2)(N2CCNCC2)CC1. The molecule has 5 heteroatoms. The molecule has 3 aromatic carbocycles. The lowest BCUT2D eigenvalue weighted by molar-refractivity contribution is -0.0686. The Morgan fingerprint density at radius 3 is 1.97 bits per heavy atom. The van der Waals surface area contributed by atoms with Gasteiger partial charge in [0.25, 0.3) is 0 Å². The summed E-state index contributed by atoms with van der Waals surface area (Å²) in [6, 6.07) is 27.9. The maximum Gasteiger partial charge on any atom is 0.231 e. The van der Waals surface area contributed by atoms with Gasteiger partial charge in [-0.2, -0.15) is 0 Å². The van der Waals surface area contributed by atoms with Crippen LogP contribution in [-0.2, 0) is 5.60 Å². The molecular formula is C30H34N2O3. The highest BCUT2D eigenvalue weighted by atomic mass is 16.7. The average Bonchev–Trinajstić information content (AvgIpc) is 3.40. The van der Waals surface area contributed by atoms with E-state index in [0.717, 1.165) is 56.1 Å². The largest absolute Gasteiger partial charge is 0.454 e. The Morgan fingerprint density at radius 2 is 1.34 bits per heavy atom. The van der Waals surface area contributed by atoms with Crippen molar-refractivity contribution in [1.29, 1.82) is 0 Å². The monoisotopic (exact) mass is 470 g/mol. The molecule has 3 aliphatic rings. The number of piperazine rings is 1. The molecule has 0 unspecified atom stereocenters. The predicted octanol–water partition coefficient (Wildman–Crippen LogP) is 4.65. The Morgan fingerprint density at radius 1 is 0.743 bits per heavy atom. The van der Waals surface area contributed by atoms with E-state index in [1.54, 1.807) is 0 Å². The van der Waals surface area contributed by atoms with Crippen LogP contribution < -0.4 is 14.8 Å². The van der Waals surface area contributed by atoms with Crippen molar-refractivity contribution < 1.29 is 14.6 Å². The number of ether oxygens (including phenoxy) is 2. The van der Waals surface area contributed by atoms with Crippen molar-refractivity contribution in [3.05, 3.63) is 95.6 Å². The van der Waals surface area contributed by atoms with Crippen LogP contribution in [-0.4, -0.2) is 48.5 Å². The van der Waals surface area contributed by atoms with Gasteiger partial charge in [-0.3, -0.25) is 4.90 Å². The van der Waals surface area contributed by atoms with Crippen LogP contribution in [0.15, 0.2) is 78.9 Å². The molecule has 0 spiro atoms. The number of nitrogens with one attached hydrogen (secondary N) is 1. The number of nitrogens with zero attached hydrogens (tertiary/aromatic N) is 1. The van der Waals surface area contributed by atoms with Gasteiger partial charge in [-0.1, -0.05) is 66.7 Å². The minimum absolute atomic E-state index is 0.0621. The lowest BCUT2D eigenvalue weighted by Crippen LogP contribution is -2.61. The first-order valence-corrected chi connectivity index (χ1v) is 12.9. The molecule has 2 fully saturated rings. The van der Waals surface area contributed by atoms with Gasteiger partial charge in [-0.05, 0) is 54.5 Å². The van der Waals surface area contributed by atoms with Crippen molar-refractivity contribution in [2.24, 2.45) is 0 Å². The van der Waals surface area contributed by atoms with E-state index in [1.807, 2.05) is 18.2 Å². The van der Waals surface area contributed by atoms with Gasteiger partial charge in [0.1, 0.15) is 0 Å². The van der Waals surface area contributed by atoms with Crippen molar-refractivity contribution >= 4 is 0 Å². The van der Waals surface area contributed by atoms with Crippen LogP contribution in [0, 0.1) is 0 Å². The van der Waals surface area contributed by atoms with Crippen LogP contribution in [0.5, 0.6) is 11.5 Å². The molecule has 0 amide bonds. The summed E-state index contributed by atoms with van der Waals surface area (Å²) in [5, 5.41) is 15.4. The second-order valence-corrected chi connectivity index (χ2v) is 10.2. The Hall–Kier alpha value is -2.86. The van der Waals surface area contributed by atoms with Crippen molar-refractivity contribution in [2.75, 3.05) is 33.0 Å². The van der Waals surface area contributed by atoms with Gasteiger partial charge in [-0.25, -0.2) is 0 Å². The van der Waals surface area contributed by atoms with E-state index in [1.165, 1.54) is 11.1 Å². The Labute approximate surface area is 207 Å². The molecule has 5 nitrogen and oxygen atoms in total. The highest BCUT2D eigenvalue weighted by Gasteiger charge is 2.51. The van der Waals surface area contributed by atoms with Gasteiger partial charge in [0.05, 0.1) is 5.60 Å². The Kier molecular flexibility index (Phi) is 6.01. The number of hydrogen-bond acceptors (Lipinski definition) is 5. The second kappa shape index (κ2) is 9.30. The van der Waals surface area contributed by atoms with Gasteiger partial charge in [0.2, 0.25) is 6.79 Å². The van der Waals surface area contributed by atoms with Crippen LogP contribution >= 0.6 is 0 Å². The van der Waals surface area contributed by atoms with Crippen molar-refractivity contribution in [3.63, 3.8) is 0 Å². The third kappa shape index (κ3) is 4.12. The smallest absolute Gasteiger partial charge is 0.231 e. The number of aliphatic hydroxyl groups is 1. The van der Waals surface area contributed by atoms with Gasteiger partial charge in [0.15, 0.2) is 11.5 Å². The molecule has 35 heavy (non-hydrogen) atoms. The zero-order valence-electron chi connectivity index (χ0n) is 20.2. The van der Waals surface area contributed by atoms with E-state index in [0.29, 0.717) is 12.8 Å². The van der Waals surface area contributed by atoms with Crippen LogP contribution in [0.2, 0.25) is 0 Å². The summed E-state index contributed by atoms with van der Waals surface area (Å²) in [5.74, 6) is 1.74. The van der Waals surface area contributed by atoms with Crippen LogP contribution in [0.25, 0.3) is 0 Å². The fraction of sp³-hybridized carbons (Fsp3) is 0.400. The van der Waals surface area contributed by atoms with Gasteiger partial charge < -0.3 is 19.9 Å². The fourth-order valence-electron chi connectivity index (χ4n) is 6.57. The maximum atomic E-state index is 11.9. The molecule has 0 radical (unpaired) electrons. The first-order chi connectivity index (χ1) is 17.2. The molecule has 2 aliphatic heterocycles. The molecular weight excluding hydrogens is 436 g/mol. The number of hydrogen-bond donors (Lipinski definition) is 2. The summed E-state index contributed by atoms with van der Waals surface area (Å²) in [5.41, 5.74) is 2.72. The van der Waals surface area contributed by atoms with Gasteiger partial charge in [-0.15, -0.1) is 0 Å². The van der Waals surface area contributed by atoms with Crippen LogP contribution in [0.4, 0.5) is 0 Å². The Bertz CT molecular complexity index is 1100. The van der Waals surface area contributed by atoms with E-state index in [2.05, 4.69) is 70.9 Å². The summed E-state index contributed by atoms with van der Waals surface area (Å²) in [6.07, 6.45) is 3.28. The molecule has 2 heterocycles. The fourth-order valence-corrected chi connectivity index (χ4v) is 6.57. The zero-order valence-corrected chi connectivity index (χ0v) is 20.2. The summed E-state index contributed by atoms with van der Waals surface area (Å²) in [4.78, 5) is 2.72. The molecule has 0 atom stereocenters. The van der Waals surface area contributed by atoms with E-state index in [4.69, 9.17) is 9.47 Å². The number of fused-ring (bicyclic) bond motifs is 1. The zero-order chi connectivity index (χ0) is 23.7. The predicted molar refractivity (Wildman–Crippen MR) is 137 cm³/mol. The van der Waals surface area contributed by atoms with Gasteiger partial charge >= 0.3 is 0 Å². The first kappa shape index (κ1) is 22.6. The summed E-state index contributed by atoms with van der Waals surface area (Å²) in [7, 11) is 0. The van der Waals surface area contributed by atoms with Crippen molar-refractivity contribution in [3.8, 4) is 11.5 Å². The van der Waals surface area contributed by atoms with Crippen molar-refractivity contribution in [1.82, 2.24) is 10.2 Å². The quantitative estimate of drug-likeness (QED) is 0.568. The average molecular weight is 471 g/mol. The third-order valence-electron chi connectivity index (χ3n) is 8.40. The number of benzene rings is 3. The molecule has 0 aromatic heterocycles. The van der Waals surface area contributed by atoms with E-state index in [9.17, 15) is 5.11 Å². The minimum Gasteiger partial charge on any atom is -0.454 e. The second-order valence-electron chi connectivity index (χ2n) is 10.2. The molecule has 1 saturated heterocycles. The first-order valence-electron chi connectivity index (χ1n) is 12.9. The van der Waals surface area contributed by atoms with Crippen LogP contribution in [0.3, 0.4) is 0 Å². The lowest BCUT2D eigenvalue weighted by Gasteiger charge is -2.55. The molecule has 6 rings (SSSR count). The molecule has 182 valence electrons. The molecule has 2 N–H and O–H groups in total. The lowest BCUT2D eigenvalue weighted by atomic mass is 9.62. The van der Waals surface area contributed by atoms with Crippen LogP contribution in [0.1, 0.15) is 48.3 Å². The molecule has 0 bridgehead atoms. The summed E-state index contributed by atoms with van der Waals surface area (Å²) >= 11 is 0. The third-order valence-corrected chi connectivity index (χ3v) is 8.40. The topological polar surface area (TPSA) is 54.0 Å². The molecule has 3 aromatic rings. The summed E-state index contributed by atoms with van der Waals surface area (Å²) < 4.78 is 11.1. The van der Waals surface area contributed by atoms with Crippen molar-refractivity contribution in [2.45, 2.75) is 42.7 Å². The van der Waals surface area contributed by atoms with Gasteiger partial charge in [0, 0.05) is 37.6 Å². The molecule has 1 aliphatic carbocycles. The maximum absolute atomic E-state index is 11.9. The standard InChI is InChI=1S/C30H34N2O3/c33-30(25-11-12-26-27(21-25)35-22-34-26)15-13-29(14-16-30,32-19-17-31-18-20-32)28(23-7-3-1-4-8-23)24-9-5-2-6-10-24/h1-12,21,28,31,33H,13-20,22H2. The normalized spacial score (nSPS) is 26.7. The summed E-state index contributed by atoms with van der Waals surface area (Å²) in [6.45, 7) is 4.31. The van der Waals surface area contributed by atoms with E-state index >= 15 is 0 Å². The Balaban J connectivity index is 1.39. The van der Waals surface area contributed by atoms with E-state index in [-0.39, 0.29) is 18.2 Å². The molecule has 1 saturated carbocycles. The number of rotatable bonds is 5. The minimum atomic E-state index is -0.865. The van der Waals surface area contributed by atoms with E-state index < -0.39 is 5.60 Å². The highest BCUT2D eigenvalue weighted by Crippen LogP contribution is 2.52. The highest BCUT2D eigenvalue weighted by molar-refractivity contribution is 5.46.